The van der Waals surface area contributed by atoms with E-state index in [0.29, 0.717) is 43.4 Å². The number of halogens is 1. The van der Waals surface area contributed by atoms with Crippen molar-refractivity contribution in [2.75, 3.05) is 36.4 Å². The van der Waals surface area contributed by atoms with Crippen molar-refractivity contribution in [3.05, 3.63) is 83.4 Å². The molecule has 0 aliphatic carbocycles. The molecule has 1 fully saturated rings. The van der Waals surface area contributed by atoms with Crippen LogP contribution in [0.3, 0.4) is 0 Å². The van der Waals surface area contributed by atoms with Gasteiger partial charge in [0.15, 0.2) is 0 Å². The van der Waals surface area contributed by atoms with Crippen molar-refractivity contribution in [2.24, 2.45) is 0 Å². The maximum Gasteiger partial charge on any atom is 0.258 e. The Morgan fingerprint density at radius 2 is 1.68 bits per heavy atom. The molecule has 158 valence electrons. The molecule has 0 unspecified atom stereocenters. The molecule has 1 aliphatic heterocycles. The molecule has 7 nitrogen and oxygen atoms in total. The number of amides is 2. The van der Waals surface area contributed by atoms with Crippen LogP contribution in [0.5, 0.6) is 0 Å². The number of benzene rings is 2. The molecule has 1 saturated heterocycles. The standard InChI is InChI=1S/C23H22FN5O2/c1-16-7-8-17(15-20(16)27-21(30)18-5-2-3-6-19(18)24)22(31)28-11-13-29(14-12-28)23-25-9-4-10-26-23/h2-10,15H,11-14H2,1H3,(H,27,30). The van der Waals surface area contributed by atoms with E-state index >= 15 is 0 Å². The smallest absolute Gasteiger partial charge is 0.258 e. The highest BCUT2D eigenvalue weighted by Crippen LogP contribution is 2.21. The van der Waals surface area contributed by atoms with Crippen molar-refractivity contribution in [3.63, 3.8) is 0 Å². The minimum Gasteiger partial charge on any atom is -0.337 e. The largest absolute Gasteiger partial charge is 0.337 e. The number of piperazine rings is 1. The Hall–Kier alpha value is -3.81. The van der Waals surface area contributed by atoms with Crippen LogP contribution in [0.4, 0.5) is 16.0 Å². The van der Waals surface area contributed by atoms with Gasteiger partial charge < -0.3 is 15.1 Å². The molecule has 0 saturated carbocycles. The number of anilines is 2. The summed E-state index contributed by atoms with van der Waals surface area (Å²) in [6.07, 6.45) is 3.40. The Balaban J connectivity index is 1.45. The van der Waals surface area contributed by atoms with Crippen LogP contribution < -0.4 is 10.2 Å². The third kappa shape index (κ3) is 4.53. The van der Waals surface area contributed by atoms with E-state index in [4.69, 9.17) is 0 Å². The van der Waals surface area contributed by atoms with Gasteiger partial charge in [0.05, 0.1) is 5.56 Å². The second-order valence-corrected chi connectivity index (χ2v) is 7.29. The second-order valence-electron chi connectivity index (χ2n) is 7.29. The SMILES string of the molecule is Cc1ccc(C(=O)N2CCN(c3ncccn3)CC2)cc1NC(=O)c1ccccc1F. The monoisotopic (exact) mass is 419 g/mol. The van der Waals surface area contributed by atoms with Gasteiger partial charge >= 0.3 is 0 Å². The van der Waals surface area contributed by atoms with Gasteiger partial charge in [-0.1, -0.05) is 18.2 Å². The molecular formula is C23H22FN5O2. The number of rotatable bonds is 4. The van der Waals surface area contributed by atoms with E-state index in [1.54, 1.807) is 47.6 Å². The molecule has 0 radical (unpaired) electrons. The van der Waals surface area contributed by atoms with E-state index in [-0.39, 0.29) is 11.5 Å². The zero-order valence-electron chi connectivity index (χ0n) is 17.1. The highest BCUT2D eigenvalue weighted by Gasteiger charge is 2.24. The fourth-order valence-electron chi connectivity index (χ4n) is 3.47. The Morgan fingerprint density at radius 1 is 0.968 bits per heavy atom. The summed E-state index contributed by atoms with van der Waals surface area (Å²) >= 11 is 0. The van der Waals surface area contributed by atoms with Crippen molar-refractivity contribution in [2.45, 2.75) is 6.92 Å². The van der Waals surface area contributed by atoms with Gasteiger partial charge in [0.1, 0.15) is 5.82 Å². The molecular weight excluding hydrogens is 397 g/mol. The number of nitrogens with one attached hydrogen (secondary N) is 1. The third-order valence-electron chi connectivity index (χ3n) is 5.25. The maximum absolute atomic E-state index is 13.9. The van der Waals surface area contributed by atoms with Gasteiger partial charge in [-0.2, -0.15) is 0 Å². The van der Waals surface area contributed by atoms with E-state index in [1.807, 2.05) is 11.8 Å². The lowest BCUT2D eigenvalue weighted by molar-refractivity contribution is 0.0746. The number of hydrogen-bond acceptors (Lipinski definition) is 5. The Labute approximate surface area is 179 Å². The first-order chi connectivity index (χ1) is 15.0. The molecule has 31 heavy (non-hydrogen) atoms. The third-order valence-corrected chi connectivity index (χ3v) is 5.25. The fraction of sp³-hybridized carbons (Fsp3) is 0.217. The second kappa shape index (κ2) is 8.91. The summed E-state index contributed by atoms with van der Waals surface area (Å²) in [5.74, 6) is -0.606. The first-order valence-electron chi connectivity index (χ1n) is 10.0. The Morgan fingerprint density at radius 3 is 2.39 bits per heavy atom. The van der Waals surface area contributed by atoms with Gasteiger partial charge in [0.2, 0.25) is 5.95 Å². The molecule has 0 bridgehead atoms. The molecule has 2 aromatic carbocycles. The summed E-state index contributed by atoms with van der Waals surface area (Å²) in [6, 6.07) is 12.7. The lowest BCUT2D eigenvalue weighted by Gasteiger charge is -2.34. The summed E-state index contributed by atoms with van der Waals surface area (Å²) in [7, 11) is 0. The lowest BCUT2D eigenvalue weighted by atomic mass is 10.1. The molecule has 2 amide bonds. The van der Waals surface area contributed by atoms with Crippen LogP contribution in [-0.2, 0) is 0 Å². The first kappa shape index (κ1) is 20.5. The molecule has 1 aliphatic rings. The topological polar surface area (TPSA) is 78.4 Å². The number of hydrogen-bond donors (Lipinski definition) is 1. The zero-order valence-corrected chi connectivity index (χ0v) is 17.1. The van der Waals surface area contributed by atoms with Crippen LogP contribution in [0.25, 0.3) is 0 Å². The van der Waals surface area contributed by atoms with Crippen LogP contribution in [0.1, 0.15) is 26.3 Å². The zero-order chi connectivity index (χ0) is 21.8. The molecule has 3 aromatic rings. The quantitative estimate of drug-likeness (QED) is 0.703. The van der Waals surface area contributed by atoms with E-state index < -0.39 is 11.7 Å². The van der Waals surface area contributed by atoms with Crippen molar-refractivity contribution in [1.29, 1.82) is 0 Å². The number of carbonyl (C=O) groups is 2. The van der Waals surface area contributed by atoms with Gasteiger partial charge in [0, 0.05) is 49.8 Å². The Bertz CT molecular complexity index is 1100. The van der Waals surface area contributed by atoms with E-state index in [0.717, 1.165) is 5.56 Å². The predicted octanol–water partition coefficient (Wildman–Crippen LogP) is 3.14. The first-order valence-corrected chi connectivity index (χ1v) is 10.0. The van der Waals surface area contributed by atoms with Gasteiger partial charge in [-0.3, -0.25) is 9.59 Å². The highest BCUT2D eigenvalue weighted by atomic mass is 19.1. The lowest BCUT2D eigenvalue weighted by Crippen LogP contribution is -2.49. The summed E-state index contributed by atoms with van der Waals surface area (Å²) in [4.78, 5) is 37.8. The fourth-order valence-corrected chi connectivity index (χ4v) is 3.47. The number of aryl methyl sites for hydroxylation is 1. The summed E-state index contributed by atoms with van der Waals surface area (Å²) in [5.41, 5.74) is 1.69. The summed E-state index contributed by atoms with van der Waals surface area (Å²) in [5, 5.41) is 2.72. The van der Waals surface area contributed by atoms with Gasteiger partial charge in [-0.05, 0) is 42.8 Å². The van der Waals surface area contributed by atoms with Crippen molar-refractivity contribution >= 4 is 23.5 Å². The average molecular weight is 419 g/mol. The average Bonchev–Trinajstić information content (AvgIpc) is 2.81. The van der Waals surface area contributed by atoms with Crippen LogP contribution >= 0.6 is 0 Å². The minimum atomic E-state index is -0.592. The molecule has 0 atom stereocenters. The van der Waals surface area contributed by atoms with Crippen molar-refractivity contribution in [1.82, 2.24) is 14.9 Å². The van der Waals surface area contributed by atoms with Crippen LogP contribution in [0.2, 0.25) is 0 Å². The highest BCUT2D eigenvalue weighted by molar-refractivity contribution is 6.05. The maximum atomic E-state index is 13.9. The predicted molar refractivity (Wildman–Crippen MR) is 116 cm³/mol. The summed E-state index contributed by atoms with van der Waals surface area (Å²) in [6.45, 7) is 4.19. The Kier molecular flexibility index (Phi) is 5.88. The normalized spacial score (nSPS) is 13.7. The van der Waals surface area contributed by atoms with Crippen LogP contribution in [0.15, 0.2) is 60.9 Å². The van der Waals surface area contributed by atoms with Crippen molar-refractivity contribution in [3.8, 4) is 0 Å². The van der Waals surface area contributed by atoms with Crippen LogP contribution in [0, 0.1) is 12.7 Å². The van der Waals surface area contributed by atoms with Gasteiger partial charge in [-0.25, -0.2) is 14.4 Å². The summed E-state index contributed by atoms with van der Waals surface area (Å²) < 4.78 is 13.9. The number of carbonyl (C=O) groups excluding carboxylic acids is 2. The van der Waals surface area contributed by atoms with Crippen LogP contribution in [-0.4, -0.2) is 52.9 Å². The minimum absolute atomic E-state index is 0.0436. The van der Waals surface area contributed by atoms with E-state index in [1.165, 1.54) is 18.2 Å². The van der Waals surface area contributed by atoms with E-state index in [2.05, 4.69) is 15.3 Å². The van der Waals surface area contributed by atoms with Gasteiger partial charge in [0.25, 0.3) is 11.8 Å². The molecule has 8 heteroatoms. The molecule has 0 spiro atoms. The van der Waals surface area contributed by atoms with Gasteiger partial charge in [-0.15, -0.1) is 0 Å². The molecule has 4 rings (SSSR count). The van der Waals surface area contributed by atoms with Crippen molar-refractivity contribution < 1.29 is 14.0 Å². The molecule has 2 heterocycles. The number of aromatic nitrogens is 2. The molecule has 1 N–H and O–H groups in total. The number of nitrogens with zero attached hydrogens (tertiary/aromatic N) is 4. The van der Waals surface area contributed by atoms with E-state index in [9.17, 15) is 14.0 Å². The molecule has 1 aromatic heterocycles.